The van der Waals surface area contributed by atoms with E-state index in [1.807, 2.05) is 17.0 Å². The maximum Gasteiger partial charge on any atom is 0.237 e. The Morgan fingerprint density at radius 2 is 1.75 bits per heavy atom. The van der Waals surface area contributed by atoms with Crippen LogP contribution in [0.25, 0.3) is 0 Å². The lowest BCUT2D eigenvalue weighted by Crippen LogP contribution is -2.37. The first-order valence-corrected chi connectivity index (χ1v) is 8.06. The van der Waals surface area contributed by atoms with Crippen LogP contribution in [-0.2, 0) is 16.0 Å². The van der Waals surface area contributed by atoms with Crippen LogP contribution < -0.4 is 9.47 Å². The van der Waals surface area contributed by atoms with E-state index in [-0.39, 0.29) is 17.7 Å². The van der Waals surface area contributed by atoms with Gasteiger partial charge in [-0.15, -0.1) is 0 Å². The summed E-state index contributed by atoms with van der Waals surface area (Å²) in [5.74, 6) is 1.40. The van der Waals surface area contributed by atoms with Crippen LogP contribution in [0.4, 0.5) is 0 Å². The predicted octanol–water partition coefficient (Wildman–Crippen LogP) is 2.21. The van der Waals surface area contributed by atoms with Gasteiger partial charge in [-0.3, -0.25) is 9.59 Å². The first kappa shape index (κ1) is 15.0. The van der Waals surface area contributed by atoms with Crippen LogP contribution in [0.3, 0.4) is 0 Å². The molecule has 24 heavy (non-hydrogen) atoms. The molecule has 0 aromatic heterocycles. The van der Waals surface area contributed by atoms with E-state index in [4.69, 9.17) is 9.47 Å². The molecule has 0 radical (unpaired) electrons. The molecule has 0 N–H and O–H groups in total. The lowest BCUT2D eigenvalue weighted by molar-refractivity contribution is -0.133. The number of carbonyl (C=O) groups excluding carboxylic acids is 2. The van der Waals surface area contributed by atoms with Crippen molar-refractivity contribution in [3.63, 3.8) is 0 Å². The highest BCUT2D eigenvalue weighted by Crippen LogP contribution is 2.50. The van der Waals surface area contributed by atoms with Gasteiger partial charge in [-0.05, 0) is 48.3 Å². The minimum Gasteiger partial charge on any atom is -0.493 e. The highest BCUT2D eigenvalue weighted by Gasteiger charge is 2.51. The summed E-state index contributed by atoms with van der Waals surface area (Å²) < 4.78 is 10.8. The van der Waals surface area contributed by atoms with Crippen LogP contribution in [0, 0.1) is 5.41 Å². The maximum absolute atomic E-state index is 13.0. The van der Waals surface area contributed by atoms with Gasteiger partial charge >= 0.3 is 0 Å². The quantitative estimate of drug-likeness (QED) is 0.836. The summed E-state index contributed by atoms with van der Waals surface area (Å²) in [6.07, 6.45) is 7.97. The third-order valence-corrected chi connectivity index (χ3v) is 5.28. The molecule has 1 aromatic rings. The average Bonchev–Trinajstić information content (AvgIpc) is 2.89. The summed E-state index contributed by atoms with van der Waals surface area (Å²) in [5.41, 5.74) is 1.62. The fourth-order valence-electron chi connectivity index (χ4n) is 4.02. The second kappa shape index (κ2) is 5.23. The molecule has 1 saturated heterocycles. The van der Waals surface area contributed by atoms with E-state index in [0.29, 0.717) is 24.5 Å². The Hall–Kier alpha value is -2.56. The Bertz CT molecular complexity index is 777. The summed E-state index contributed by atoms with van der Waals surface area (Å²) in [6.45, 7) is 0.684. The normalized spacial score (nSPS) is 23.4. The SMILES string of the molecule is COc1cc2c(cc1OC)C1CC3(C=CC(=O)C=C3)C(=O)N1CC2. The van der Waals surface area contributed by atoms with Crippen molar-refractivity contribution in [3.8, 4) is 11.5 Å². The topological polar surface area (TPSA) is 55.8 Å². The number of rotatable bonds is 2. The largest absolute Gasteiger partial charge is 0.493 e. The second-order valence-corrected chi connectivity index (χ2v) is 6.48. The highest BCUT2D eigenvalue weighted by atomic mass is 16.5. The van der Waals surface area contributed by atoms with Gasteiger partial charge < -0.3 is 14.4 Å². The van der Waals surface area contributed by atoms with Crippen molar-refractivity contribution < 1.29 is 19.1 Å². The summed E-state index contributed by atoms with van der Waals surface area (Å²) >= 11 is 0. The number of nitrogens with zero attached hydrogens (tertiary/aromatic N) is 1. The number of carbonyl (C=O) groups is 2. The Morgan fingerprint density at radius 1 is 1.08 bits per heavy atom. The third-order valence-electron chi connectivity index (χ3n) is 5.28. The van der Waals surface area contributed by atoms with Crippen LogP contribution in [0.5, 0.6) is 11.5 Å². The lowest BCUT2D eigenvalue weighted by Gasteiger charge is -2.32. The van der Waals surface area contributed by atoms with Gasteiger partial charge in [0.25, 0.3) is 0 Å². The number of allylic oxidation sites excluding steroid dienone is 2. The van der Waals surface area contributed by atoms with E-state index >= 15 is 0 Å². The molecule has 0 bridgehead atoms. The number of ketones is 1. The van der Waals surface area contributed by atoms with E-state index < -0.39 is 5.41 Å². The number of amides is 1. The van der Waals surface area contributed by atoms with E-state index in [1.54, 1.807) is 26.4 Å². The third kappa shape index (κ3) is 2.00. The molecule has 1 fully saturated rings. The van der Waals surface area contributed by atoms with E-state index in [2.05, 4.69) is 0 Å². The number of methoxy groups -OCH3 is 2. The monoisotopic (exact) mass is 325 g/mol. The Labute approximate surface area is 140 Å². The van der Waals surface area contributed by atoms with Gasteiger partial charge in [0.2, 0.25) is 5.91 Å². The number of benzene rings is 1. The van der Waals surface area contributed by atoms with Crippen molar-refractivity contribution in [3.05, 3.63) is 47.6 Å². The van der Waals surface area contributed by atoms with Crippen LogP contribution in [0.2, 0.25) is 0 Å². The number of ether oxygens (including phenoxy) is 2. The summed E-state index contributed by atoms with van der Waals surface area (Å²) in [6, 6.07) is 4.00. The van der Waals surface area contributed by atoms with Gasteiger partial charge in [-0.25, -0.2) is 0 Å². The van der Waals surface area contributed by atoms with E-state index in [1.165, 1.54) is 17.7 Å². The zero-order chi connectivity index (χ0) is 16.9. The van der Waals surface area contributed by atoms with E-state index in [0.717, 1.165) is 12.0 Å². The standard InChI is InChI=1S/C19H19NO4/c1-23-16-9-12-5-8-20-15(14(12)10-17(16)24-2)11-19(18(20)22)6-3-13(21)4-7-19/h3-4,6-7,9-10,15H,5,8,11H2,1-2H3. The highest BCUT2D eigenvalue weighted by molar-refractivity contribution is 6.03. The van der Waals surface area contributed by atoms with Gasteiger partial charge in [0.1, 0.15) is 0 Å². The molecule has 5 nitrogen and oxygen atoms in total. The van der Waals surface area contributed by atoms with Crippen molar-refractivity contribution in [2.24, 2.45) is 5.41 Å². The fourth-order valence-corrected chi connectivity index (χ4v) is 4.02. The second-order valence-electron chi connectivity index (χ2n) is 6.48. The van der Waals surface area contributed by atoms with Gasteiger partial charge in [-0.1, -0.05) is 12.2 Å². The minimum absolute atomic E-state index is 0.00329. The number of hydrogen-bond acceptors (Lipinski definition) is 4. The molecule has 124 valence electrons. The molecule has 5 heteroatoms. The minimum atomic E-state index is -0.687. The Morgan fingerprint density at radius 3 is 2.42 bits per heavy atom. The molecule has 4 rings (SSSR count). The first-order chi connectivity index (χ1) is 11.6. The molecular formula is C19H19NO4. The Balaban J connectivity index is 1.77. The van der Waals surface area contributed by atoms with E-state index in [9.17, 15) is 9.59 Å². The molecule has 1 aliphatic carbocycles. The molecule has 0 saturated carbocycles. The lowest BCUT2D eigenvalue weighted by atomic mass is 9.79. The van der Waals surface area contributed by atoms with Crippen molar-refractivity contribution >= 4 is 11.7 Å². The fraction of sp³-hybridized carbons (Fsp3) is 0.368. The van der Waals surface area contributed by atoms with Crippen LogP contribution in [0.1, 0.15) is 23.6 Å². The molecule has 3 aliphatic rings. The van der Waals surface area contributed by atoms with Crippen LogP contribution >= 0.6 is 0 Å². The van der Waals surface area contributed by atoms with Crippen molar-refractivity contribution in [2.75, 3.05) is 20.8 Å². The molecule has 1 spiro atoms. The first-order valence-electron chi connectivity index (χ1n) is 8.06. The zero-order valence-electron chi connectivity index (χ0n) is 13.7. The molecule has 1 atom stereocenters. The molecule has 1 unspecified atom stereocenters. The molecule has 1 aromatic carbocycles. The maximum atomic E-state index is 13.0. The van der Waals surface area contributed by atoms with Crippen molar-refractivity contribution in [1.29, 1.82) is 0 Å². The van der Waals surface area contributed by atoms with Gasteiger partial charge in [0.15, 0.2) is 17.3 Å². The summed E-state index contributed by atoms with van der Waals surface area (Å²) in [4.78, 5) is 26.3. The number of fused-ring (bicyclic) bond motifs is 3. The van der Waals surface area contributed by atoms with Crippen molar-refractivity contribution in [2.45, 2.75) is 18.9 Å². The molecule has 1 amide bonds. The Kier molecular flexibility index (Phi) is 3.27. The summed E-state index contributed by atoms with van der Waals surface area (Å²) in [5, 5.41) is 0. The molecule has 2 aliphatic heterocycles. The van der Waals surface area contributed by atoms with Crippen molar-refractivity contribution in [1.82, 2.24) is 4.90 Å². The number of hydrogen-bond donors (Lipinski definition) is 0. The van der Waals surface area contributed by atoms with Gasteiger partial charge in [0, 0.05) is 6.54 Å². The zero-order valence-corrected chi connectivity index (χ0v) is 13.7. The molecular weight excluding hydrogens is 306 g/mol. The smallest absolute Gasteiger partial charge is 0.237 e. The van der Waals surface area contributed by atoms with Crippen LogP contribution in [0.15, 0.2) is 36.4 Å². The predicted molar refractivity (Wildman–Crippen MR) is 88.0 cm³/mol. The summed E-state index contributed by atoms with van der Waals surface area (Å²) in [7, 11) is 3.24. The van der Waals surface area contributed by atoms with Crippen LogP contribution in [-0.4, -0.2) is 37.4 Å². The van der Waals surface area contributed by atoms with Gasteiger partial charge in [-0.2, -0.15) is 0 Å². The molecule has 2 heterocycles. The van der Waals surface area contributed by atoms with Gasteiger partial charge in [0.05, 0.1) is 25.7 Å². The average molecular weight is 325 g/mol.